The molecule has 0 spiro atoms. The number of amides is 2. The number of hydrogen-bond donors (Lipinski definition) is 2. The lowest BCUT2D eigenvalue weighted by Gasteiger charge is -2.05. The van der Waals surface area contributed by atoms with Crippen molar-refractivity contribution in [1.29, 1.82) is 0 Å². The molecule has 1 saturated carbocycles. The van der Waals surface area contributed by atoms with Crippen LogP contribution in [-0.4, -0.2) is 33.0 Å². The molecule has 0 aliphatic heterocycles. The molecule has 3 rings (SSSR count). The Morgan fingerprint density at radius 2 is 2.33 bits per heavy atom. The average molecular weight is 307 g/mol. The van der Waals surface area contributed by atoms with Crippen LogP contribution < -0.4 is 16.3 Å². The van der Waals surface area contributed by atoms with Crippen molar-refractivity contribution in [1.82, 2.24) is 25.0 Å². The fourth-order valence-electron chi connectivity index (χ4n) is 1.99. The molecule has 0 bridgehead atoms. The van der Waals surface area contributed by atoms with E-state index >= 15 is 0 Å². The molecule has 2 N–H and O–H groups in total. The zero-order valence-corrected chi connectivity index (χ0v) is 12.5. The van der Waals surface area contributed by atoms with Gasteiger partial charge in [0.25, 0.3) is 0 Å². The zero-order valence-electron chi connectivity index (χ0n) is 11.7. The summed E-state index contributed by atoms with van der Waals surface area (Å²) < 4.78 is 2.91. The first-order chi connectivity index (χ1) is 10.1. The van der Waals surface area contributed by atoms with Crippen molar-refractivity contribution in [3.8, 4) is 10.7 Å². The van der Waals surface area contributed by atoms with E-state index in [1.807, 2.05) is 17.5 Å². The van der Waals surface area contributed by atoms with Crippen LogP contribution in [-0.2, 0) is 13.6 Å². The van der Waals surface area contributed by atoms with Gasteiger partial charge in [0.2, 0.25) is 0 Å². The third-order valence-electron chi connectivity index (χ3n) is 3.30. The van der Waals surface area contributed by atoms with Crippen LogP contribution in [0, 0.1) is 0 Å². The molecule has 0 radical (unpaired) electrons. The average Bonchev–Trinajstić information content (AvgIpc) is 3.01. The minimum Gasteiger partial charge on any atom is -0.336 e. The zero-order chi connectivity index (χ0) is 14.8. The first kappa shape index (κ1) is 13.9. The fraction of sp³-hybridized carbons (Fsp3) is 0.462. The maximum Gasteiger partial charge on any atom is 0.346 e. The van der Waals surface area contributed by atoms with Crippen LogP contribution >= 0.6 is 11.3 Å². The lowest BCUT2D eigenvalue weighted by atomic mass is 10.4. The van der Waals surface area contributed by atoms with E-state index in [2.05, 4.69) is 15.7 Å². The molecule has 2 amide bonds. The number of carbonyl (C=O) groups is 1. The van der Waals surface area contributed by atoms with E-state index in [-0.39, 0.29) is 11.7 Å². The molecule has 112 valence electrons. The number of carbonyl (C=O) groups excluding carboxylic acids is 1. The van der Waals surface area contributed by atoms with Crippen molar-refractivity contribution >= 4 is 17.4 Å². The number of thiophene rings is 1. The van der Waals surface area contributed by atoms with E-state index in [1.54, 1.807) is 7.05 Å². The van der Waals surface area contributed by atoms with Crippen molar-refractivity contribution in [2.75, 3.05) is 6.54 Å². The number of rotatable bonds is 5. The summed E-state index contributed by atoms with van der Waals surface area (Å²) in [4.78, 5) is 24.5. The molecule has 2 heterocycles. The van der Waals surface area contributed by atoms with Gasteiger partial charge in [0.1, 0.15) is 0 Å². The summed E-state index contributed by atoms with van der Waals surface area (Å²) in [6.07, 6.45) is 2.11. The topological polar surface area (TPSA) is 81.0 Å². The van der Waals surface area contributed by atoms with Crippen molar-refractivity contribution < 1.29 is 4.79 Å². The van der Waals surface area contributed by atoms with Gasteiger partial charge in [-0.05, 0) is 24.3 Å². The Labute approximate surface area is 125 Å². The Hall–Kier alpha value is -2.09. The lowest BCUT2D eigenvalue weighted by molar-refractivity contribution is 0.240. The number of urea groups is 1. The molecule has 2 aromatic heterocycles. The minimum atomic E-state index is -0.181. The van der Waals surface area contributed by atoms with Crippen LogP contribution in [0.5, 0.6) is 0 Å². The van der Waals surface area contributed by atoms with Crippen molar-refractivity contribution in [3.63, 3.8) is 0 Å². The molecule has 1 aliphatic carbocycles. The van der Waals surface area contributed by atoms with Gasteiger partial charge in [-0.1, -0.05) is 6.07 Å². The summed E-state index contributed by atoms with van der Waals surface area (Å²) >= 11 is 1.54. The Balaban J connectivity index is 1.61. The van der Waals surface area contributed by atoms with Crippen molar-refractivity contribution in [2.45, 2.75) is 25.4 Å². The molecule has 0 atom stereocenters. The van der Waals surface area contributed by atoms with Gasteiger partial charge in [-0.3, -0.25) is 4.57 Å². The molecule has 1 fully saturated rings. The third kappa shape index (κ3) is 3.15. The maximum absolute atomic E-state index is 12.1. The molecular weight excluding hydrogens is 290 g/mol. The second kappa shape index (κ2) is 5.72. The van der Waals surface area contributed by atoms with Crippen molar-refractivity contribution in [3.05, 3.63) is 28.0 Å². The first-order valence-corrected chi connectivity index (χ1v) is 7.75. The van der Waals surface area contributed by atoms with E-state index < -0.39 is 0 Å². The highest BCUT2D eigenvalue weighted by Gasteiger charge is 2.22. The molecule has 7 nitrogen and oxygen atoms in total. The van der Waals surface area contributed by atoms with Crippen LogP contribution in [0.3, 0.4) is 0 Å². The third-order valence-corrected chi connectivity index (χ3v) is 4.17. The van der Waals surface area contributed by atoms with Crippen LogP contribution in [0.15, 0.2) is 22.3 Å². The highest BCUT2D eigenvalue weighted by Crippen LogP contribution is 2.20. The summed E-state index contributed by atoms with van der Waals surface area (Å²) in [5.41, 5.74) is -0.178. The largest absolute Gasteiger partial charge is 0.346 e. The first-order valence-electron chi connectivity index (χ1n) is 6.87. The van der Waals surface area contributed by atoms with Gasteiger partial charge in [0.05, 0.1) is 11.4 Å². The lowest BCUT2D eigenvalue weighted by Crippen LogP contribution is -2.39. The van der Waals surface area contributed by atoms with Crippen LogP contribution in [0.2, 0.25) is 0 Å². The number of aromatic nitrogens is 3. The smallest absolute Gasteiger partial charge is 0.336 e. The summed E-state index contributed by atoms with van der Waals surface area (Å²) in [5, 5.41) is 11.8. The highest BCUT2D eigenvalue weighted by atomic mass is 32.1. The molecule has 0 unspecified atom stereocenters. The van der Waals surface area contributed by atoms with Gasteiger partial charge in [0.15, 0.2) is 5.82 Å². The van der Waals surface area contributed by atoms with Gasteiger partial charge in [0, 0.05) is 19.6 Å². The van der Waals surface area contributed by atoms with E-state index in [1.165, 1.54) is 20.6 Å². The monoisotopic (exact) mass is 307 g/mol. The standard InChI is InChI=1S/C13H17N5O2S/c1-17-11(10-3-2-8-21-10)16-18(13(17)20)7-6-14-12(19)15-9-4-5-9/h2-3,8-9H,4-7H2,1H3,(H2,14,15,19). The molecule has 1 aliphatic rings. The fourth-order valence-corrected chi connectivity index (χ4v) is 2.74. The second-order valence-electron chi connectivity index (χ2n) is 5.04. The van der Waals surface area contributed by atoms with Crippen molar-refractivity contribution in [2.24, 2.45) is 7.05 Å². The molecule has 21 heavy (non-hydrogen) atoms. The van der Waals surface area contributed by atoms with Gasteiger partial charge in [-0.25, -0.2) is 14.3 Å². The van der Waals surface area contributed by atoms with Crippen LogP contribution in [0.4, 0.5) is 4.79 Å². The summed E-state index contributed by atoms with van der Waals surface area (Å²) in [6, 6.07) is 4.00. The number of nitrogens with one attached hydrogen (secondary N) is 2. The Morgan fingerprint density at radius 3 is 3.00 bits per heavy atom. The van der Waals surface area contributed by atoms with Gasteiger partial charge in [-0.2, -0.15) is 0 Å². The Morgan fingerprint density at radius 1 is 1.52 bits per heavy atom. The number of nitrogens with zero attached hydrogens (tertiary/aromatic N) is 3. The molecule has 0 saturated heterocycles. The molecule has 8 heteroatoms. The molecular formula is C13H17N5O2S. The van der Waals surface area contributed by atoms with Crippen LogP contribution in [0.1, 0.15) is 12.8 Å². The summed E-state index contributed by atoms with van der Waals surface area (Å²) in [5.74, 6) is 0.650. The quantitative estimate of drug-likeness (QED) is 0.856. The summed E-state index contributed by atoms with van der Waals surface area (Å²) in [7, 11) is 1.70. The Bertz CT molecular complexity index is 684. The van der Waals surface area contributed by atoms with Gasteiger partial charge in [-0.15, -0.1) is 16.4 Å². The highest BCUT2D eigenvalue weighted by molar-refractivity contribution is 7.13. The predicted octanol–water partition coefficient (Wildman–Crippen LogP) is 0.772. The van der Waals surface area contributed by atoms with Gasteiger partial charge < -0.3 is 10.6 Å². The SMILES string of the molecule is Cn1c(-c2cccs2)nn(CCNC(=O)NC2CC2)c1=O. The predicted molar refractivity (Wildman–Crippen MR) is 80.3 cm³/mol. The van der Waals surface area contributed by atoms with E-state index in [4.69, 9.17) is 0 Å². The second-order valence-corrected chi connectivity index (χ2v) is 5.99. The Kier molecular flexibility index (Phi) is 3.78. The summed E-state index contributed by atoms with van der Waals surface area (Å²) in [6.45, 7) is 0.732. The number of hydrogen-bond acceptors (Lipinski definition) is 4. The van der Waals surface area contributed by atoms with Crippen LogP contribution in [0.25, 0.3) is 10.7 Å². The normalized spacial score (nSPS) is 14.1. The molecule has 2 aromatic rings. The molecule has 0 aromatic carbocycles. The van der Waals surface area contributed by atoms with E-state index in [0.717, 1.165) is 17.7 Å². The maximum atomic E-state index is 12.1. The van der Waals surface area contributed by atoms with Gasteiger partial charge >= 0.3 is 11.7 Å². The minimum absolute atomic E-state index is 0.178. The van der Waals surface area contributed by atoms with E-state index in [9.17, 15) is 9.59 Å². The van der Waals surface area contributed by atoms with E-state index in [0.29, 0.717) is 25.0 Å².